The van der Waals surface area contributed by atoms with Gasteiger partial charge in [-0.1, -0.05) is 23.7 Å². The van der Waals surface area contributed by atoms with Gasteiger partial charge in [0.05, 0.1) is 0 Å². The molecule has 0 radical (unpaired) electrons. The van der Waals surface area contributed by atoms with Crippen LogP contribution >= 0.6 is 22.9 Å². The van der Waals surface area contributed by atoms with E-state index in [0.29, 0.717) is 0 Å². The molecule has 108 valence electrons. The van der Waals surface area contributed by atoms with Gasteiger partial charge in [-0.15, -0.1) is 0 Å². The van der Waals surface area contributed by atoms with Gasteiger partial charge in [0.1, 0.15) is 0 Å². The summed E-state index contributed by atoms with van der Waals surface area (Å²) in [7, 11) is 2.14. The van der Waals surface area contributed by atoms with Gasteiger partial charge in [0, 0.05) is 24.7 Å². The second kappa shape index (κ2) is 8.42. The Kier molecular flexibility index (Phi) is 6.54. The van der Waals surface area contributed by atoms with Crippen LogP contribution in [0.1, 0.15) is 11.1 Å². The fourth-order valence-electron chi connectivity index (χ4n) is 2.09. The molecule has 0 aliphatic rings. The lowest BCUT2D eigenvalue weighted by Crippen LogP contribution is -2.30. The molecule has 0 unspecified atom stereocenters. The van der Waals surface area contributed by atoms with Gasteiger partial charge in [0.15, 0.2) is 0 Å². The number of hydrogen-bond acceptors (Lipinski definition) is 3. The summed E-state index contributed by atoms with van der Waals surface area (Å²) in [5, 5.41) is 8.65. The van der Waals surface area contributed by atoms with Crippen molar-refractivity contribution in [1.29, 1.82) is 0 Å². The van der Waals surface area contributed by atoms with E-state index in [9.17, 15) is 0 Å². The van der Waals surface area contributed by atoms with Crippen molar-refractivity contribution in [2.75, 3.05) is 26.7 Å². The molecule has 1 heterocycles. The highest BCUT2D eigenvalue weighted by molar-refractivity contribution is 7.07. The van der Waals surface area contributed by atoms with E-state index in [2.05, 4.69) is 40.2 Å². The van der Waals surface area contributed by atoms with Crippen molar-refractivity contribution in [2.24, 2.45) is 0 Å². The standard InChI is InChI=1S/C16H21ClN2S/c1-19(12-15-3-2-4-16(17)11-15)9-8-18-7-5-14-6-10-20-13-14/h2-4,6,10-11,13,18H,5,7-9,12H2,1H3. The quantitative estimate of drug-likeness (QED) is 0.749. The third-order valence-electron chi connectivity index (χ3n) is 3.18. The number of halogens is 1. The fraction of sp³-hybridized carbons (Fsp3) is 0.375. The maximum Gasteiger partial charge on any atom is 0.0409 e. The topological polar surface area (TPSA) is 15.3 Å². The van der Waals surface area contributed by atoms with Crippen LogP contribution in [0.3, 0.4) is 0 Å². The number of benzene rings is 1. The smallest absolute Gasteiger partial charge is 0.0409 e. The Morgan fingerprint density at radius 2 is 2.10 bits per heavy atom. The average molecular weight is 309 g/mol. The lowest BCUT2D eigenvalue weighted by Gasteiger charge is -2.17. The Labute approximate surface area is 130 Å². The molecule has 1 aromatic carbocycles. The van der Waals surface area contributed by atoms with E-state index in [1.54, 1.807) is 11.3 Å². The van der Waals surface area contributed by atoms with Crippen LogP contribution in [0.2, 0.25) is 5.02 Å². The third kappa shape index (κ3) is 5.63. The van der Waals surface area contributed by atoms with Crippen LogP contribution in [0.4, 0.5) is 0 Å². The Morgan fingerprint density at radius 3 is 2.85 bits per heavy atom. The van der Waals surface area contributed by atoms with Crippen LogP contribution in [0.25, 0.3) is 0 Å². The van der Waals surface area contributed by atoms with E-state index >= 15 is 0 Å². The van der Waals surface area contributed by atoms with Crippen LogP contribution < -0.4 is 5.32 Å². The molecule has 0 fully saturated rings. The minimum absolute atomic E-state index is 0.810. The van der Waals surface area contributed by atoms with Gasteiger partial charge >= 0.3 is 0 Å². The molecule has 0 atom stereocenters. The molecule has 4 heteroatoms. The van der Waals surface area contributed by atoms with Gasteiger partial charge in [-0.2, -0.15) is 11.3 Å². The zero-order valence-corrected chi connectivity index (χ0v) is 13.4. The number of rotatable bonds is 8. The number of thiophene rings is 1. The summed E-state index contributed by atoms with van der Waals surface area (Å²) in [4.78, 5) is 2.31. The Hall–Kier alpha value is -0.870. The fourth-order valence-corrected chi connectivity index (χ4v) is 3.00. The second-order valence-corrected chi connectivity index (χ2v) is 6.22. The Balaban J connectivity index is 1.59. The molecular weight excluding hydrogens is 288 g/mol. The van der Waals surface area contributed by atoms with Crippen LogP contribution in [0.15, 0.2) is 41.1 Å². The van der Waals surface area contributed by atoms with E-state index < -0.39 is 0 Å². The van der Waals surface area contributed by atoms with Crippen molar-refractivity contribution in [3.63, 3.8) is 0 Å². The first-order chi connectivity index (χ1) is 9.74. The summed E-state index contributed by atoms with van der Waals surface area (Å²) >= 11 is 7.76. The number of nitrogens with one attached hydrogen (secondary N) is 1. The van der Waals surface area contributed by atoms with E-state index in [-0.39, 0.29) is 0 Å². The van der Waals surface area contributed by atoms with Crippen LogP contribution in [0.5, 0.6) is 0 Å². The van der Waals surface area contributed by atoms with Crippen LogP contribution in [-0.2, 0) is 13.0 Å². The number of nitrogens with zero attached hydrogens (tertiary/aromatic N) is 1. The van der Waals surface area contributed by atoms with E-state index in [1.165, 1.54) is 11.1 Å². The Morgan fingerprint density at radius 1 is 1.20 bits per heavy atom. The van der Waals surface area contributed by atoms with Crippen molar-refractivity contribution < 1.29 is 0 Å². The minimum atomic E-state index is 0.810. The van der Waals surface area contributed by atoms with Crippen molar-refractivity contribution in [3.8, 4) is 0 Å². The summed E-state index contributed by atoms with van der Waals surface area (Å²) in [6, 6.07) is 10.3. The SMILES string of the molecule is CN(CCNCCc1ccsc1)Cc1cccc(Cl)c1. The second-order valence-electron chi connectivity index (χ2n) is 5.00. The van der Waals surface area contributed by atoms with Crippen molar-refractivity contribution >= 4 is 22.9 Å². The molecule has 0 saturated heterocycles. The largest absolute Gasteiger partial charge is 0.315 e. The normalized spacial score (nSPS) is 11.2. The molecule has 0 aliphatic heterocycles. The van der Waals surface area contributed by atoms with Crippen LogP contribution in [-0.4, -0.2) is 31.6 Å². The first-order valence-electron chi connectivity index (χ1n) is 6.89. The zero-order valence-electron chi connectivity index (χ0n) is 11.8. The van der Waals surface area contributed by atoms with Gasteiger partial charge in [-0.05, 0) is 60.1 Å². The zero-order chi connectivity index (χ0) is 14.2. The number of hydrogen-bond donors (Lipinski definition) is 1. The van der Waals surface area contributed by atoms with Gasteiger partial charge in [-0.3, -0.25) is 0 Å². The predicted octanol–water partition coefficient (Wildman–Crippen LogP) is 3.67. The summed E-state index contributed by atoms with van der Waals surface area (Å²) < 4.78 is 0. The van der Waals surface area contributed by atoms with Gasteiger partial charge in [-0.25, -0.2) is 0 Å². The summed E-state index contributed by atoms with van der Waals surface area (Å²) in [6.07, 6.45) is 1.11. The van der Waals surface area contributed by atoms with E-state index in [1.807, 2.05) is 18.2 Å². The molecule has 2 rings (SSSR count). The van der Waals surface area contributed by atoms with Crippen LogP contribution in [0, 0.1) is 0 Å². The first kappa shape index (κ1) is 15.5. The molecule has 20 heavy (non-hydrogen) atoms. The van der Waals surface area contributed by atoms with Gasteiger partial charge < -0.3 is 10.2 Å². The highest BCUT2D eigenvalue weighted by Crippen LogP contribution is 2.11. The van der Waals surface area contributed by atoms with Crippen molar-refractivity contribution in [2.45, 2.75) is 13.0 Å². The van der Waals surface area contributed by atoms with Crippen molar-refractivity contribution in [3.05, 3.63) is 57.2 Å². The first-order valence-corrected chi connectivity index (χ1v) is 8.21. The van der Waals surface area contributed by atoms with E-state index in [4.69, 9.17) is 11.6 Å². The molecule has 0 aliphatic carbocycles. The summed E-state index contributed by atoms with van der Waals surface area (Å²) in [6.45, 7) is 4.03. The minimum Gasteiger partial charge on any atom is -0.315 e. The van der Waals surface area contributed by atoms with Crippen molar-refractivity contribution in [1.82, 2.24) is 10.2 Å². The predicted molar refractivity (Wildman–Crippen MR) is 88.7 cm³/mol. The maximum absolute atomic E-state index is 5.99. The molecule has 1 aromatic heterocycles. The van der Waals surface area contributed by atoms with Gasteiger partial charge in [0.2, 0.25) is 0 Å². The monoisotopic (exact) mass is 308 g/mol. The third-order valence-corrected chi connectivity index (χ3v) is 4.15. The lowest BCUT2D eigenvalue weighted by atomic mass is 10.2. The average Bonchev–Trinajstić information content (AvgIpc) is 2.91. The molecular formula is C16H21ClN2S. The number of likely N-dealkylation sites (N-methyl/N-ethyl adjacent to an activating group) is 1. The molecule has 1 N–H and O–H groups in total. The molecule has 0 bridgehead atoms. The molecule has 0 spiro atoms. The lowest BCUT2D eigenvalue weighted by molar-refractivity contribution is 0.325. The summed E-state index contributed by atoms with van der Waals surface area (Å²) in [5.41, 5.74) is 2.69. The molecule has 2 aromatic rings. The maximum atomic E-state index is 5.99. The molecule has 0 amide bonds. The molecule has 0 saturated carbocycles. The van der Waals surface area contributed by atoms with E-state index in [0.717, 1.165) is 37.6 Å². The highest BCUT2D eigenvalue weighted by atomic mass is 35.5. The Bertz CT molecular complexity index is 499. The molecule has 2 nitrogen and oxygen atoms in total. The highest BCUT2D eigenvalue weighted by Gasteiger charge is 2.01. The summed E-state index contributed by atoms with van der Waals surface area (Å²) in [5.74, 6) is 0. The van der Waals surface area contributed by atoms with Gasteiger partial charge in [0.25, 0.3) is 0 Å².